The fraction of sp³-hybridized carbons (Fsp3) is 0.133. The Morgan fingerprint density at radius 1 is 1.10 bits per heavy atom. The molecule has 3 aromatic rings. The summed E-state index contributed by atoms with van der Waals surface area (Å²) in [5.41, 5.74) is 2.99. The number of pyridine rings is 1. The number of benzene rings is 1. The van der Waals surface area contributed by atoms with Crippen molar-refractivity contribution >= 4 is 27.0 Å². The van der Waals surface area contributed by atoms with Crippen LogP contribution in [0.5, 0.6) is 11.5 Å². The molecular weight excluding hydrogens is 320 g/mol. The molecule has 2 aromatic heterocycles. The molecule has 0 amide bonds. The van der Waals surface area contributed by atoms with Gasteiger partial charge in [-0.1, -0.05) is 6.07 Å². The molecule has 0 aliphatic rings. The molecule has 0 spiro atoms. The number of hydrogen-bond acceptors (Lipinski definition) is 3. The van der Waals surface area contributed by atoms with Gasteiger partial charge in [-0.15, -0.1) is 0 Å². The van der Waals surface area contributed by atoms with E-state index in [2.05, 4.69) is 25.9 Å². The predicted molar refractivity (Wildman–Crippen MR) is 82.3 cm³/mol. The number of ether oxygens (including phenoxy) is 2. The summed E-state index contributed by atoms with van der Waals surface area (Å²) < 4.78 is 11.6. The first-order valence-electron chi connectivity index (χ1n) is 6.08. The van der Waals surface area contributed by atoms with Gasteiger partial charge in [0.05, 0.1) is 14.2 Å². The lowest BCUT2D eigenvalue weighted by atomic mass is 10.1. The monoisotopic (exact) mass is 332 g/mol. The quantitative estimate of drug-likeness (QED) is 0.788. The van der Waals surface area contributed by atoms with Gasteiger partial charge in [0.2, 0.25) is 0 Å². The Bertz CT molecular complexity index is 768. The summed E-state index contributed by atoms with van der Waals surface area (Å²) in [6.07, 6.45) is 3.72. The van der Waals surface area contributed by atoms with Crippen molar-refractivity contribution in [2.75, 3.05) is 14.2 Å². The van der Waals surface area contributed by atoms with E-state index in [0.717, 1.165) is 32.4 Å². The predicted octanol–water partition coefficient (Wildman–Crippen LogP) is 4.01. The van der Waals surface area contributed by atoms with Gasteiger partial charge in [-0.2, -0.15) is 0 Å². The van der Waals surface area contributed by atoms with E-state index >= 15 is 0 Å². The average molecular weight is 333 g/mol. The Morgan fingerprint density at radius 3 is 2.65 bits per heavy atom. The minimum atomic E-state index is 0.710. The number of halogens is 1. The van der Waals surface area contributed by atoms with Crippen LogP contribution in [0.2, 0.25) is 0 Å². The van der Waals surface area contributed by atoms with Gasteiger partial charge < -0.3 is 14.5 Å². The fourth-order valence-corrected chi connectivity index (χ4v) is 2.55. The van der Waals surface area contributed by atoms with Gasteiger partial charge in [0.1, 0.15) is 5.65 Å². The van der Waals surface area contributed by atoms with Crippen LogP contribution in [0.15, 0.2) is 41.1 Å². The molecule has 0 aliphatic carbocycles. The lowest BCUT2D eigenvalue weighted by Crippen LogP contribution is -1.90. The molecule has 0 bridgehead atoms. The van der Waals surface area contributed by atoms with Gasteiger partial charge in [0.25, 0.3) is 0 Å². The third-order valence-electron chi connectivity index (χ3n) is 3.19. The second kappa shape index (κ2) is 5.17. The van der Waals surface area contributed by atoms with E-state index in [0.29, 0.717) is 5.75 Å². The maximum atomic E-state index is 5.35. The molecule has 0 aliphatic heterocycles. The standard InChI is InChI=1S/C15H13BrN2O2/c1-19-13-4-3-9(5-14(13)20-2)12-8-18-15-11(12)6-10(16)7-17-15/h3-8H,1-2H3,(H,17,18). The maximum absolute atomic E-state index is 5.35. The summed E-state index contributed by atoms with van der Waals surface area (Å²) in [7, 11) is 3.26. The highest BCUT2D eigenvalue weighted by Crippen LogP contribution is 2.35. The molecule has 0 atom stereocenters. The lowest BCUT2D eigenvalue weighted by molar-refractivity contribution is 0.355. The molecule has 4 nitrogen and oxygen atoms in total. The number of methoxy groups -OCH3 is 2. The smallest absolute Gasteiger partial charge is 0.161 e. The minimum absolute atomic E-state index is 0.710. The summed E-state index contributed by atoms with van der Waals surface area (Å²) >= 11 is 3.45. The van der Waals surface area contributed by atoms with Crippen LogP contribution in [0.25, 0.3) is 22.2 Å². The van der Waals surface area contributed by atoms with Crippen molar-refractivity contribution < 1.29 is 9.47 Å². The van der Waals surface area contributed by atoms with Crippen molar-refractivity contribution in [2.24, 2.45) is 0 Å². The van der Waals surface area contributed by atoms with Crippen molar-refractivity contribution in [3.05, 3.63) is 41.1 Å². The first-order chi connectivity index (χ1) is 9.72. The molecule has 0 radical (unpaired) electrons. The first kappa shape index (κ1) is 13.0. The Hall–Kier alpha value is -2.01. The van der Waals surface area contributed by atoms with E-state index in [-0.39, 0.29) is 0 Å². The normalized spacial score (nSPS) is 10.8. The number of nitrogens with zero attached hydrogens (tertiary/aromatic N) is 1. The highest BCUT2D eigenvalue weighted by molar-refractivity contribution is 9.10. The minimum Gasteiger partial charge on any atom is -0.493 e. The second-order valence-electron chi connectivity index (χ2n) is 4.32. The number of nitrogens with one attached hydrogen (secondary N) is 1. The SMILES string of the molecule is COc1ccc(-c2c[nH]c3ncc(Br)cc23)cc1OC. The molecular formula is C15H13BrN2O2. The molecule has 2 heterocycles. The van der Waals surface area contributed by atoms with Crippen LogP contribution < -0.4 is 9.47 Å². The van der Waals surface area contributed by atoms with Crippen molar-refractivity contribution in [1.29, 1.82) is 0 Å². The summed E-state index contributed by atoms with van der Waals surface area (Å²) in [5.74, 6) is 1.43. The van der Waals surface area contributed by atoms with E-state index in [4.69, 9.17) is 9.47 Å². The third kappa shape index (κ3) is 2.14. The zero-order chi connectivity index (χ0) is 14.1. The van der Waals surface area contributed by atoms with Crippen LogP contribution in [0.4, 0.5) is 0 Å². The van der Waals surface area contributed by atoms with Gasteiger partial charge in [-0.3, -0.25) is 0 Å². The van der Waals surface area contributed by atoms with E-state index in [1.807, 2.05) is 30.5 Å². The van der Waals surface area contributed by atoms with Crippen LogP contribution in [0.3, 0.4) is 0 Å². The summed E-state index contributed by atoms with van der Waals surface area (Å²) in [6.45, 7) is 0. The highest BCUT2D eigenvalue weighted by Gasteiger charge is 2.11. The number of aromatic amines is 1. The summed E-state index contributed by atoms with van der Waals surface area (Å²) in [5, 5.41) is 1.06. The van der Waals surface area contributed by atoms with Gasteiger partial charge in [-0.25, -0.2) is 4.98 Å². The van der Waals surface area contributed by atoms with Gasteiger partial charge in [0, 0.05) is 27.8 Å². The molecule has 5 heteroatoms. The van der Waals surface area contributed by atoms with Crippen molar-refractivity contribution in [2.45, 2.75) is 0 Å². The molecule has 1 N–H and O–H groups in total. The topological polar surface area (TPSA) is 47.1 Å². The Labute approximate surface area is 124 Å². The second-order valence-corrected chi connectivity index (χ2v) is 5.24. The molecule has 20 heavy (non-hydrogen) atoms. The number of rotatable bonds is 3. The van der Waals surface area contributed by atoms with Crippen LogP contribution >= 0.6 is 15.9 Å². The maximum Gasteiger partial charge on any atom is 0.161 e. The van der Waals surface area contributed by atoms with Crippen LogP contribution in [0, 0.1) is 0 Å². The van der Waals surface area contributed by atoms with Crippen LogP contribution in [-0.2, 0) is 0 Å². The molecule has 1 aromatic carbocycles. The van der Waals surface area contributed by atoms with Gasteiger partial charge in [-0.05, 0) is 39.7 Å². The zero-order valence-corrected chi connectivity index (χ0v) is 12.7. The zero-order valence-electron chi connectivity index (χ0n) is 11.1. The van der Waals surface area contributed by atoms with Crippen LogP contribution in [-0.4, -0.2) is 24.2 Å². The Kier molecular flexibility index (Phi) is 3.36. The number of aromatic nitrogens is 2. The lowest BCUT2D eigenvalue weighted by Gasteiger charge is -2.09. The Balaban J connectivity index is 2.18. The Morgan fingerprint density at radius 2 is 1.90 bits per heavy atom. The molecule has 0 saturated heterocycles. The highest BCUT2D eigenvalue weighted by atomic mass is 79.9. The molecule has 0 saturated carbocycles. The first-order valence-corrected chi connectivity index (χ1v) is 6.87. The fourth-order valence-electron chi connectivity index (χ4n) is 2.22. The van der Waals surface area contributed by atoms with E-state index in [9.17, 15) is 0 Å². The van der Waals surface area contributed by atoms with Crippen molar-refractivity contribution in [3.63, 3.8) is 0 Å². The number of H-pyrrole nitrogens is 1. The van der Waals surface area contributed by atoms with E-state index in [1.54, 1.807) is 20.4 Å². The average Bonchev–Trinajstić information content (AvgIpc) is 2.89. The molecule has 3 rings (SSSR count). The van der Waals surface area contributed by atoms with E-state index in [1.165, 1.54) is 0 Å². The third-order valence-corrected chi connectivity index (χ3v) is 3.63. The number of fused-ring (bicyclic) bond motifs is 1. The molecule has 0 unspecified atom stereocenters. The van der Waals surface area contributed by atoms with Crippen molar-refractivity contribution in [3.8, 4) is 22.6 Å². The molecule has 102 valence electrons. The van der Waals surface area contributed by atoms with E-state index < -0.39 is 0 Å². The van der Waals surface area contributed by atoms with Gasteiger partial charge in [0.15, 0.2) is 11.5 Å². The molecule has 0 fully saturated rings. The largest absolute Gasteiger partial charge is 0.493 e. The van der Waals surface area contributed by atoms with Crippen molar-refractivity contribution in [1.82, 2.24) is 9.97 Å². The number of hydrogen-bond donors (Lipinski definition) is 1. The summed E-state index contributed by atoms with van der Waals surface area (Å²) in [6, 6.07) is 7.91. The van der Waals surface area contributed by atoms with Crippen LogP contribution in [0.1, 0.15) is 0 Å². The van der Waals surface area contributed by atoms with Gasteiger partial charge >= 0.3 is 0 Å². The summed E-state index contributed by atoms with van der Waals surface area (Å²) in [4.78, 5) is 7.52.